The maximum Gasteiger partial charge on any atom is 0.272 e. The first-order chi connectivity index (χ1) is 15.4. The Morgan fingerprint density at radius 3 is 2.62 bits per heavy atom. The van der Waals surface area contributed by atoms with Crippen LogP contribution < -0.4 is 10.9 Å². The fourth-order valence-corrected chi connectivity index (χ4v) is 5.83. The van der Waals surface area contributed by atoms with E-state index in [-0.39, 0.29) is 17.2 Å². The van der Waals surface area contributed by atoms with Gasteiger partial charge in [-0.1, -0.05) is 55.1 Å². The van der Waals surface area contributed by atoms with Crippen LogP contribution in [0.15, 0.2) is 63.4 Å². The lowest BCUT2D eigenvalue weighted by Gasteiger charge is -2.15. The highest BCUT2D eigenvalue weighted by atomic mass is 32.2. The molecule has 1 aliphatic rings. The second kappa shape index (κ2) is 9.96. The zero-order valence-corrected chi connectivity index (χ0v) is 20.2. The van der Waals surface area contributed by atoms with Gasteiger partial charge in [0.05, 0.1) is 22.0 Å². The lowest BCUT2D eigenvalue weighted by atomic mass is 10.1. The second-order valence-electron chi connectivity index (χ2n) is 8.16. The highest BCUT2D eigenvalue weighted by Crippen LogP contribution is 2.35. The monoisotopic (exact) mass is 465 g/mol. The van der Waals surface area contributed by atoms with Crippen molar-refractivity contribution in [3.8, 4) is 5.69 Å². The average Bonchev–Trinajstić information content (AvgIpc) is 3.13. The molecule has 1 N–H and O–H groups in total. The van der Waals surface area contributed by atoms with E-state index in [2.05, 4.69) is 30.4 Å². The van der Waals surface area contributed by atoms with Gasteiger partial charge in [-0.3, -0.25) is 14.2 Å². The van der Waals surface area contributed by atoms with Gasteiger partial charge in [-0.25, -0.2) is 4.98 Å². The summed E-state index contributed by atoms with van der Waals surface area (Å²) in [7, 11) is 0. The van der Waals surface area contributed by atoms with Crippen LogP contribution in [0, 0.1) is 13.8 Å². The van der Waals surface area contributed by atoms with Crippen LogP contribution in [-0.2, 0) is 17.6 Å². The molecule has 0 bridgehead atoms. The number of amides is 1. The number of hydrogen-bond donors (Lipinski definition) is 1. The molecule has 7 heteroatoms. The summed E-state index contributed by atoms with van der Waals surface area (Å²) in [5.41, 5.74) is 4.97. The van der Waals surface area contributed by atoms with Crippen molar-refractivity contribution < 1.29 is 4.79 Å². The van der Waals surface area contributed by atoms with Gasteiger partial charge >= 0.3 is 0 Å². The Bertz CT molecular complexity index is 1170. The van der Waals surface area contributed by atoms with Crippen molar-refractivity contribution >= 4 is 29.4 Å². The summed E-state index contributed by atoms with van der Waals surface area (Å²) in [6.45, 7) is 6.73. The van der Waals surface area contributed by atoms with Gasteiger partial charge in [-0.05, 0) is 49.1 Å². The highest BCUT2D eigenvalue weighted by molar-refractivity contribution is 8.00. The number of carbonyl (C=O) groups excluding carboxylic acids is 1. The van der Waals surface area contributed by atoms with E-state index in [1.165, 1.54) is 17.3 Å². The summed E-state index contributed by atoms with van der Waals surface area (Å²) in [5.74, 6) is 0.156. The van der Waals surface area contributed by atoms with E-state index in [0.29, 0.717) is 17.0 Å². The van der Waals surface area contributed by atoms with Crippen LogP contribution in [0.25, 0.3) is 5.69 Å². The Morgan fingerprint density at radius 1 is 1.19 bits per heavy atom. The number of aromatic nitrogens is 2. The molecule has 0 aliphatic carbocycles. The number of thioether (sulfide) groups is 2. The smallest absolute Gasteiger partial charge is 0.272 e. The Labute approximate surface area is 197 Å². The molecule has 1 unspecified atom stereocenters. The highest BCUT2D eigenvalue weighted by Gasteiger charge is 2.27. The van der Waals surface area contributed by atoms with E-state index in [4.69, 9.17) is 4.98 Å². The van der Waals surface area contributed by atoms with Crippen LogP contribution in [0.4, 0.5) is 0 Å². The molecule has 0 radical (unpaired) electrons. The number of hydrogen-bond acceptors (Lipinski definition) is 5. The molecule has 166 valence electrons. The molecule has 1 aromatic heterocycles. The van der Waals surface area contributed by atoms with Crippen LogP contribution in [0.5, 0.6) is 0 Å². The minimum absolute atomic E-state index is 0.0404. The minimum Gasteiger partial charge on any atom is -0.355 e. The molecule has 0 spiro atoms. The van der Waals surface area contributed by atoms with Gasteiger partial charge in [0.15, 0.2) is 5.16 Å². The molecule has 0 saturated carbocycles. The van der Waals surface area contributed by atoms with E-state index in [0.717, 1.165) is 40.2 Å². The molecular weight excluding hydrogens is 438 g/mol. The fourth-order valence-electron chi connectivity index (χ4n) is 3.88. The Kier molecular flexibility index (Phi) is 7.06. The van der Waals surface area contributed by atoms with Gasteiger partial charge in [0.2, 0.25) is 5.91 Å². The van der Waals surface area contributed by atoms with Crippen LogP contribution >= 0.6 is 23.5 Å². The summed E-state index contributed by atoms with van der Waals surface area (Å²) in [5, 5.41) is 3.88. The molecule has 0 saturated heterocycles. The number of aryl methyl sites for hydroxylation is 2. The van der Waals surface area contributed by atoms with E-state index >= 15 is 0 Å². The van der Waals surface area contributed by atoms with Crippen LogP contribution in [0.3, 0.4) is 0 Å². The standard InChI is InChI=1S/C25H27N3O2S2/c1-16-11-17(2)13-20(12-16)28-24(30)23-21(14-18(3)32-23)27-25(28)31-15-22(29)26-10-9-19-7-5-4-6-8-19/h4-8,11-13,18H,9-10,14-15H2,1-3H3,(H,26,29). The predicted octanol–water partition coefficient (Wildman–Crippen LogP) is 4.34. The molecule has 2 aromatic carbocycles. The van der Waals surface area contributed by atoms with Gasteiger partial charge in [0.1, 0.15) is 0 Å². The van der Waals surface area contributed by atoms with Crippen molar-refractivity contribution in [2.24, 2.45) is 0 Å². The topological polar surface area (TPSA) is 64.0 Å². The maximum absolute atomic E-state index is 13.4. The molecule has 5 nitrogen and oxygen atoms in total. The first kappa shape index (κ1) is 22.7. The normalized spacial score (nSPS) is 14.9. The van der Waals surface area contributed by atoms with Gasteiger partial charge in [-0.2, -0.15) is 0 Å². The molecule has 1 atom stereocenters. The fraction of sp³-hybridized carbons (Fsp3) is 0.320. The summed E-state index contributed by atoms with van der Waals surface area (Å²) in [6.07, 6.45) is 1.57. The average molecular weight is 466 g/mol. The zero-order chi connectivity index (χ0) is 22.7. The van der Waals surface area contributed by atoms with Crippen LogP contribution in [0.1, 0.15) is 29.3 Å². The van der Waals surface area contributed by atoms with E-state index < -0.39 is 0 Å². The largest absolute Gasteiger partial charge is 0.355 e. The minimum atomic E-state index is -0.0598. The third-order valence-electron chi connectivity index (χ3n) is 5.26. The number of carbonyl (C=O) groups is 1. The summed E-state index contributed by atoms with van der Waals surface area (Å²) < 4.78 is 1.67. The SMILES string of the molecule is Cc1cc(C)cc(-n2c(SCC(=O)NCCc3ccccc3)nc3c(c2=O)SC(C)C3)c1. The number of rotatable bonds is 7. The third kappa shape index (κ3) is 5.27. The second-order valence-corrected chi connectivity index (χ2v) is 10.6. The van der Waals surface area contributed by atoms with Crippen molar-refractivity contribution in [1.29, 1.82) is 0 Å². The predicted molar refractivity (Wildman–Crippen MR) is 132 cm³/mol. The van der Waals surface area contributed by atoms with Crippen LogP contribution in [-0.4, -0.2) is 33.0 Å². The Hall–Kier alpha value is -2.51. The van der Waals surface area contributed by atoms with Crippen molar-refractivity contribution in [2.45, 2.75) is 48.9 Å². The molecule has 3 aromatic rings. The Balaban J connectivity index is 1.53. The molecular formula is C25H27N3O2S2. The maximum atomic E-state index is 13.4. The lowest BCUT2D eigenvalue weighted by molar-refractivity contribution is -0.118. The quantitative estimate of drug-likeness (QED) is 0.415. The molecule has 1 aliphatic heterocycles. The van der Waals surface area contributed by atoms with Gasteiger partial charge in [0.25, 0.3) is 5.56 Å². The molecule has 2 heterocycles. The molecule has 0 fully saturated rings. The van der Waals surface area contributed by atoms with E-state index in [1.54, 1.807) is 16.3 Å². The summed E-state index contributed by atoms with van der Waals surface area (Å²) in [6, 6.07) is 16.2. The first-order valence-electron chi connectivity index (χ1n) is 10.8. The summed E-state index contributed by atoms with van der Waals surface area (Å²) >= 11 is 2.91. The van der Waals surface area contributed by atoms with Crippen molar-refractivity contribution in [2.75, 3.05) is 12.3 Å². The number of nitrogens with zero attached hydrogens (tertiary/aromatic N) is 2. The third-order valence-corrected chi connectivity index (χ3v) is 7.41. The van der Waals surface area contributed by atoms with Gasteiger partial charge < -0.3 is 5.32 Å². The summed E-state index contributed by atoms with van der Waals surface area (Å²) in [4.78, 5) is 31.4. The van der Waals surface area contributed by atoms with E-state index in [9.17, 15) is 9.59 Å². The van der Waals surface area contributed by atoms with Gasteiger partial charge in [-0.15, -0.1) is 11.8 Å². The lowest BCUT2D eigenvalue weighted by Crippen LogP contribution is -2.28. The Morgan fingerprint density at radius 2 is 1.91 bits per heavy atom. The zero-order valence-electron chi connectivity index (χ0n) is 18.6. The number of benzene rings is 2. The molecule has 1 amide bonds. The molecule has 32 heavy (non-hydrogen) atoms. The first-order valence-corrected chi connectivity index (χ1v) is 12.6. The van der Waals surface area contributed by atoms with Gasteiger partial charge in [0, 0.05) is 18.2 Å². The molecule has 4 rings (SSSR count). The van der Waals surface area contributed by atoms with Crippen molar-refractivity contribution in [3.63, 3.8) is 0 Å². The van der Waals surface area contributed by atoms with Crippen LogP contribution in [0.2, 0.25) is 0 Å². The van der Waals surface area contributed by atoms with Crippen molar-refractivity contribution in [3.05, 3.63) is 81.3 Å². The number of nitrogens with one attached hydrogen (secondary N) is 1. The van der Waals surface area contributed by atoms with Crippen molar-refractivity contribution in [1.82, 2.24) is 14.9 Å². The number of fused-ring (bicyclic) bond motifs is 1. The van der Waals surface area contributed by atoms with E-state index in [1.807, 2.05) is 44.2 Å².